The van der Waals surface area contributed by atoms with E-state index in [9.17, 15) is 9.18 Å². The molecular formula is C10H9FO. The number of rotatable bonds is 3. The molecule has 2 heteroatoms. The minimum absolute atomic E-state index is 0.268. The van der Waals surface area contributed by atoms with Crippen molar-refractivity contribution in [2.45, 2.75) is 6.42 Å². The van der Waals surface area contributed by atoms with Crippen LogP contribution in [0.4, 0.5) is 4.39 Å². The summed E-state index contributed by atoms with van der Waals surface area (Å²) in [5.41, 5.74) is 1.40. The maximum atomic E-state index is 12.4. The van der Waals surface area contributed by atoms with Crippen molar-refractivity contribution in [3.8, 4) is 0 Å². The van der Waals surface area contributed by atoms with Gasteiger partial charge in [-0.3, -0.25) is 4.79 Å². The minimum Gasteiger partial charge on any atom is -0.298 e. The Hall–Kier alpha value is -1.44. The molecule has 1 aromatic carbocycles. The van der Waals surface area contributed by atoms with Gasteiger partial charge in [0.2, 0.25) is 0 Å². The number of halogens is 1. The van der Waals surface area contributed by atoms with Crippen LogP contribution in [-0.4, -0.2) is 6.29 Å². The molecule has 0 heterocycles. The molecule has 0 aromatic heterocycles. The molecule has 0 unspecified atom stereocenters. The molecule has 0 aliphatic carbocycles. The minimum atomic E-state index is -0.268. The molecule has 0 saturated heterocycles. The molecule has 62 valence electrons. The maximum absolute atomic E-state index is 12.4. The summed E-state index contributed by atoms with van der Waals surface area (Å²) >= 11 is 0. The number of carbonyl (C=O) groups is 1. The van der Waals surface area contributed by atoms with E-state index >= 15 is 0 Å². The number of allylic oxidation sites excluding steroid dienone is 1. The van der Waals surface area contributed by atoms with Gasteiger partial charge in [-0.05, 0) is 23.3 Å². The van der Waals surface area contributed by atoms with E-state index in [1.165, 1.54) is 12.1 Å². The predicted octanol–water partition coefficient (Wildman–Crippen LogP) is 2.12. The molecule has 1 aromatic rings. The average Bonchev–Trinajstić information content (AvgIpc) is 2.09. The average molecular weight is 164 g/mol. The fourth-order valence-corrected chi connectivity index (χ4v) is 0.906. The topological polar surface area (TPSA) is 17.1 Å². The van der Waals surface area contributed by atoms with Gasteiger partial charge in [-0.2, -0.15) is 0 Å². The number of hydrogen-bond acceptors (Lipinski definition) is 1. The Balaban J connectivity index is 2.71. The van der Waals surface area contributed by atoms with E-state index in [-0.39, 0.29) is 5.82 Å². The zero-order chi connectivity index (χ0) is 8.97. The summed E-state index contributed by atoms with van der Waals surface area (Å²) in [6, 6.07) is 6.02. The first-order valence-corrected chi connectivity index (χ1v) is 3.60. The number of carbonyl (C=O) groups excluding carboxylic acids is 1. The number of aldehydes is 1. The van der Waals surface area contributed by atoms with Crippen molar-refractivity contribution in [1.29, 1.82) is 0 Å². The van der Waals surface area contributed by atoms with Gasteiger partial charge in [0.05, 0.1) is 0 Å². The van der Waals surface area contributed by atoms with Crippen LogP contribution in [0.2, 0.25) is 0 Å². The van der Waals surface area contributed by atoms with Crippen molar-refractivity contribution in [2.24, 2.45) is 0 Å². The number of hydrogen-bond donors (Lipinski definition) is 0. The van der Waals surface area contributed by atoms with Crippen LogP contribution >= 0.6 is 0 Å². The molecule has 0 amide bonds. The summed E-state index contributed by atoms with van der Waals surface area (Å²) in [7, 11) is 0. The third kappa shape index (κ3) is 2.31. The van der Waals surface area contributed by atoms with Crippen LogP contribution in [0.5, 0.6) is 0 Å². The first-order valence-electron chi connectivity index (χ1n) is 3.60. The van der Waals surface area contributed by atoms with Crippen LogP contribution in [0.3, 0.4) is 0 Å². The van der Waals surface area contributed by atoms with E-state index in [0.717, 1.165) is 5.56 Å². The Morgan fingerprint density at radius 1 is 1.42 bits per heavy atom. The van der Waals surface area contributed by atoms with Crippen LogP contribution in [0.15, 0.2) is 36.4 Å². The van der Waals surface area contributed by atoms with Gasteiger partial charge in [-0.1, -0.05) is 18.7 Å². The molecule has 0 atom stereocenters. The Labute approximate surface area is 70.5 Å². The lowest BCUT2D eigenvalue weighted by Gasteiger charge is -1.97. The molecule has 0 spiro atoms. The van der Waals surface area contributed by atoms with E-state index in [4.69, 9.17) is 0 Å². The molecule has 0 radical (unpaired) electrons. The van der Waals surface area contributed by atoms with E-state index in [0.29, 0.717) is 18.3 Å². The molecule has 0 N–H and O–H groups in total. The van der Waals surface area contributed by atoms with E-state index < -0.39 is 0 Å². The van der Waals surface area contributed by atoms with Crippen LogP contribution < -0.4 is 0 Å². The highest BCUT2D eigenvalue weighted by atomic mass is 19.1. The van der Waals surface area contributed by atoms with Crippen LogP contribution in [-0.2, 0) is 11.2 Å². The summed E-state index contributed by atoms with van der Waals surface area (Å²) in [5, 5.41) is 0. The summed E-state index contributed by atoms with van der Waals surface area (Å²) in [6.07, 6.45) is 1.20. The van der Waals surface area contributed by atoms with Crippen molar-refractivity contribution < 1.29 is 9.18 Å². The zero-order valence-electron chi connectivity index (χ0n) is 6.59. The van der Waals surface area contributed by atoms with Crippen LogP contribution in [0.25, 0.3) is 0 Å². The Bertz CT molecular complexity index is 287. The van der Waals surface area contributed by atoms with Crippen molar-refractivity contribution in [3.05, 3.63) is 47.8 Å². The first kappa shape index (κ1) is 8.65. The summed E-state index contributed by atoms with van der Waals surface area (Å²) < 4.78 is 12.4. The predicted molar refractivity (Wildman–Crippen MR) is 45.3 cm³/mol. The van der Waals surface area contributed by atoms with Crippen molar-refractivity contribution in [1.82, 2.24) is 0 Å². The lowest BCUT2D eigenvalue weighted by atomic mass is 10.1. The van der Waals surface area contributed by atoms with Gasteiger partial charge in [-0.15, -0.1) is 0 Å². The highest BCUT2D eigenvalue weighted by Crippen LogP contribution is 2.06. The molecule has 0 aliphatic heterocycles. The smallest absolute Gasteiger partial charge is 0.145 e. The lowest BCUT2D eigenvalue weighted by molar-refractivity contribution is -0.104. The third-order valence-corrected chi connectivity index (χ3v) is 1.51. The SMILES string of the molecule is C=C(C=O)Cc1ccc(F)cc1. The summed E-state index contributed by atoms with van der Waals surface area (Å²) in [5.74, 6) is -0.268. The normalized spacial score (nSPS) is 9.42. The van der Waals surface area contributed by atoms with Gasteiger partial charge in [0.15, 0.2) is 0 Å². The monoisotopic (exact) mass is 164 g/mol. The van der Waals surface area contributed by atoms with E-state index in [1.54, 1.807) is 12.1 Å². The fourth-order valence-electron chi connectivity index (χ4n) is 0.906. The van der Waals surface area contributed by atoms with Gasteiger partial charge in [0.1, 0.15) is 12.1 Å². The Morgan fingerprint density at radius 3 is 2.50 bits per heavy atom. The van der Waals surface area contributed by atoms with E-state index in [1.807, 2.05) is 0 Å². The van der Waals surface area contributed by atoms with Gasteiger partial charge in [-0.25, -0.2) is 4.39 Å². The second-order valence-corrected chi connectivity index (χ2v) is 2.58. The van der Waals surface area contributed by atoms with Crippen molar-refractivity contribution in [3.63, 3.8) is 0 Å². The van der Waals surface area contributed by atoms with Crippen LogP contribution in [0.1, 0.15) is 5.56 Å². The molecule has 0 bridgehead atoms. The molecule has 1 rings (SSSR count). The summed E-state index contributed by atoms with van der Waals surface area (Å²) in [4.78, 5) is 10.2. The molecule has 0 saturated carbocycles. The summed E-state index contributed by atoms with van der Waals surface area (Å²) in [6.45, 7) is 3.53. The van der Waals surface area contributed by atoms with Crippen LogP contribution in [0, 0.1) is 5.82 Å². The van der Waals surface area contributed by atoms with Gasteiger partial charge in [0.25, 0.3) is 0 Å². The first-order chi connectivity index (χ1) is 5.72. The molecular weight excluding hydrogens is 155 g/mol. The van der Waals surface area contributed by atoms with E-state index in [2.05, 4.69) is 6.58 Å². The molecule has 0 aliphatic rings. The Morgan fingerprint density at radius 2 is 2.00 bits per heavy atom. The van der Waals surface area contributed by atoms with Gasteiger partial charge < -0.3 is 0 Å². The Kier molecular flexibility index (Phi) is 2.75. The fraction of sp³-hybridized carbons (Fsp3) is 0.100. The second-order valence-electron chi connectivity index (χ2n) is 2.58. The van der Waals surface area contributed by atoms with Gasteiger partial charge >= 0.3 is 0 Å². The number of benzene rings is 1. The van der Waals surface area contributed by atoms with Crippen molar-refractivity contribution >= 4 is 6.29 Å². The second kappa shape index (κ2) is 3.81. The standard InChI is InChI=1S/C10H9FO/c1-8(7-12)6-9-2-4-10(11)5-3-9/h2-5,7H,1,6H2. The maximum Gasteiger partial charge on any atom is 0.145 e. The third-order valence-electron chi connectivity index (χ3n) is 1.51. The molecule has 0 fully saturated rings. The zero-order valence-corrected chi connectivity index (χ0v) is 6.59. The molecule has 12 heavy (non-hydrogen) atoms. The molecule has 1 nitrogen and oxygen atoms in total. The highest BCUT2D eigenvalue weighted by molar-refractivity contribution is 5.72. The lowest BCUT2D eigenvalue weighted by Crippen LogP contribution is -1.89. The quantitative estimate of drug-likeness (QED) is 0.494. The largest absolute Gasteiger partial charge is 0.298 e. The van der Waals surface area contributed by atoms with Gasteiger partial charge in [0, 0.05) is 6.42 Å². The highest BCUT2D eigenvalue weighted by Gasteiger charge is 1.95. The van der Waals surface area contributed by atoms with Crippen molar-refractivity contribution in [2.75, 3.05) is 0 Å².